The molecule has 2 aliphatic heterocycles. The van der Waals surface area contributed by atoms with Gasteiger partial charge in [-0.1, -0.05) is 23.8 Å². The van der Waals surface area contributed by atoms with Crippen LogP contribution >= 0.6 is 0 Å². The lowest BCUT2D eigenvalue weighted by molar-refractivity contribution is -0.166. The normalized spacial score (nSPS) is 32.5. The molecule has 7 nitrogen and oxygen atoms in total. The van der Waals surface area contributed by atoms with E-state index in [0.29, 0.717) is 26.2 Å². The van der Waals surface area contributed by atoms with Gasteiger partial charge in [-0.15, -0.1) is 0 Å². The highest BCUT2D eigenvalue weighted by Crippen LogP contribution is 2.59. The van der Waals surface area contributed by atoms with Crippen molar-refractivity contribution in [1.82, 2.24) is 0 Å². The van der Waals surface area contributed by atoms with Gasteiger partial charge in [-0.3, -0.25) is 0 Å². The lowest BCUT2D eigenvalue weighted by Crippen LogP contribution is -2.55. The smallest absolute Gasteiger partial charge is 0.331 e. The Morgan fingerprint density at radius 3 is 2.54 bits per heavy atom. The van der Waals surface area contributed by atoms with Crippen molar-refractivity contribution >= 4 is 12.0 Å². The molecular formula is C30H42O7. The Labute approximate surface area is 221 Å². The van der Waals surface area contributed by atoms with Crippen LogP contribution in [0.25, 0.3) is 6.08 Å². The zero-order valence-electron chi connectivity index (χ0n) is 23.0. The number of hydrogen-bond acceptors (Lipinski definition) is 7. The van der Waals surface area contributed by atoms with Crippen molar-refractivity contribution in [3.63, 3.8) is 0 Å². The second kappa shape index (κ2) is 11.7. The second-order valence-corrected chi connectivity index (χ2v) is 11.0. The summed E-state index contributed by atoms with van der Waals surface area (Å²) in [6.07, 6.45) is 7.51. The molecule has 1 spiro atoms. The minimum Gasteiger partial charge on any atom is -0.491 e. The van der Waals surface area contributed by atoms with Gasteiger partial charge in [0.15, 0.2) is 0 Å². The summed E-state index contributed by atoms with van der Waals surface area (Å²) in [5.41, 5.74) is 1.57. The highest BCUT2D eigenvalue weighted by molar-refractivity contribution is 5.87. The molecule has 1 aromatic rings. The number of carbonyl (C=O) groups excluding carboxylic acids is 1. The Morgan fingerprint density at radius 2 is 1.92 bits per heavy atom. The molecule has 2 saturated heterocycles. The molecule has 3 fully saturated rings. The van der Waals surface area contributed by atoms with Gasteiger partial charge in [-0.2, -0.15) is 0 Å². The van der Waals surface area contributed by atoms with Crippen molar-refractivity contribution in [3.05, 3.63) is 47.6 Å². The molecule has 0 amide bonds. The van der Waals surface area contributed by atoms with Crippen LogP contribution in [-0.4, -0.2) is 68.5 Å². The maximum Gasteiger partial charge on any atom is 0.331 e. The standard InChI is InChI=1S/C30H42O7/c1-20(2)7-13-25-29(5,37-25)28-27(32-6)24(15-16-30(28)19-35-30)36-26(31)14-10-22-8-11-23(12-9-22)34-18-17-33-21(3)4/h7-12,14,21,24-25,27-28H,13,15-19H2,1-6H3/b14-10+/t24-,25+,27-,28?,29?,30+/m1/s1. The fourth-order valence-corrected chi connectivity index (χ4v) is 5.54. The highest BCUT2D eigenvalue weighted by atomic mass is 16.6. The van der Waals surface area contributed by atoms with Gasteiger partial charge in [0, 0.05) is 13.2 Å². The molecule has 4 rings (SSSR count). The first kappa shape index (κ1) is 27.8. The third-order valence-electron chi connectivity index (χ3n) is 7.60. The van der Waals surface area contributed by atoms with E-state index in [1.54, 1.807) is 13.2 Å². The van der Waals surface area contributed by atoms with Crippen molar-refractivity contribution < 1.29 is 33.2 Å². The molecule has 3 aliphatic rings. The number of hydrogen-bond donors (Lipinski definition) is 0. The van der Waals surface area contributed by atoms with Crippen LogP contribution in [0.2, 0.25) is 0 Å². The largest absolute Gasteiger partial charge is 0.491 e. The molecule has 1 aromatic carbocycles. The van der Waals surface area contributed by atoms with Gasteiger partial charge in [-0.05, 0) is 77.7 Å². The van der Waals surface area contributed by atoms with E-state index in [2.05, 4.69) is 26.8 Å². The van der Waals surface area contributed by atoms with E-state index in [9.17, 15) is 4.79 Å². The minimum atomic E-state index is -0.382. The highest BCUT2D eigenvalue weighted by Gasteiger charge is 2.72. The van der Waals surface area contributed by atoms with E-state index in [1.165, 1.54) is 11.6 Å². The van der Waals surface area contributed by atoms with E-state index in [4.69, 9.17) is 28.4 Å². The maximum absolute atomic E-state index is 12.8. The van der Waals surface area contributed by atoms with Gasteiger partial charge in [0.2, 0.25) is 0 Å². The molecule has 1 saturated carbocycles. The fourth-order valence-electron chi connectivity index (χ4n) is 5.54. The summed E-state index contributed by atoms with van der Waals surface area (Å²) in [6, 6.07) is 7.57. The van der Waals surface area contributed by atoms with Crippen LogP contribution < -0.4 is 4.74 Å². The van der Waals surface area contributed by atoms with Gasteiger partial charge in [0.05, 0.1) is 31.3 Å². The van der Waals surface area contributed by atoms with Crippen LogP contribution in [0.3, 0.4) is 0 Å². The van der Waals surface area contributed by atoms with Gasteiger partial charge in [0.1, 0.15) is 35.8 Å². The summed E-state index contributed by atoms with van der Waals surface area (Å²) >= 11 is 0. The molecule has 6 atom stereocenters. The second-order valence-electron chi connectivity index (χ2n) is 11.0. The minimum absolute atomic E-state index is 0.00887. The van der Waals surface area contributed by atoms with E-state index in [-0.39, 0.29) is 47.5 Å². The average molecular weight is 515 g/mol. The number of epoxide rings is 2. The predicted octanol–water partition coefficient (Wildman–Crippen LogP) is 5.12. The number of ether oxygens (including phenoxy) is 6. The first-order valence-corrected chi connectivity index (χ1v) is 13.4. The Morgan fingerprint density at radius 1 is 1.19 bits per heavy atom. The van der Waals surface area contributed by atoms with Crippen LogP contribution in [0.4, 0.5) is 0 Å². The summed E-state index contributed by atoms with van der Waals surface area (Å²) in [5, 5.41) is 0. The summed E-state index contributed by atoms with van der Waals surface area (Å²) in [4.78, 5) is 12.8. The topological polar surface area (TPSA) is 79.1 Å². The third kappa shape index (κ3) is 6.82. The summed E-state index contributed by atoms with van der Waals surface area (Å²) in [6.45, 7) is 12.1. The third-order valence-corrected chi connectivity index (χ3v) is 7.60. The first-order valence-electron chi connectivity index (χ1n) is 13.4. The number of methoxy groups -OCH3 is 1. The molecule has 0 bridgehead atoms. The molecule has 0 radical (unpaired) electrons. The number of benzene rings is 1. The SMILES string of the molecule is CO[C@H]1C(C2(C)O[C@H]2CC=C(C)C)[C@]2(CC[C@H]1OC(=O)/C=C/c1ccc(OCCOC(C)C)cc1)CO2. The lowest BCUT2D eigenvalue weighted by Gasteiger charge is -2.42. The molecule has 204 valence electrons. The predicted molar refractivity (Wildman–Crippen MR) is 141 cm³/mol. The molecule has 2 unspecified atom stereocenters. The quantitative estimate of drug-likeness (QED) is 0.126. The number of carbonyl (C=O) groups is 1. The van der Waals surface area contributed by atoms with Crippen molar-refractivity contribution in [3.8, 4) is 5.75 Å². The van der Waals surface area contributed by atoms with E-state index < -0.39 is 0 Å². The van der Waals surface area contributed by atoms with Gasteiger partial charge >= 0.3 is 5.97 Å². The Balaban J connectivity index is 1.33. The van der Waals surface area contributed by atoms with Crippen LogP contribution in [-0.2, 0) is 28.5 Å². The number of rotatable bonds is 12. The number of allylic oxidation sites excluding steroid dienone is 1. The van der Waals surface area contributed by atoms with Crippen LogP contribution in [0.5, 0.6) is 5.75 Å². The van der Waals surface area contributed by atoms with Gasteiger partial charge < -0.3 is 28.4 Å². The monoisotopic (exact) mass is 514 g/mol. The Kier molecular flexibility index (Phi) is 8.79. The van der Waals surface area contributed by atoms with Crippen molar-refractivity contribution in [1.29, 1.82) is 0 Å². The summed E-state index contributed by atoms with van der Waals surface area (Å²) in [5.74, 6) is 0.389. The zero-order chi connectivity index (χ0) is 26.6. The van der Waals surface area contributed by atoms with Gasteiger partial charge in [-0.25, -0.2) is 4.79 Å². The summed E-state index contributed by atoms with van der Waals surface area (Å²) < 4.78 is 35.3. The lowest BCUT2D eigenvalue weighted by atomic mass is 9.68. The Bertz CT molecular complexity index is 974. The van der Waals surface area contributed by atoms with E-state index in [0.717, 1.165) is 24.2 Å². The van der Waals surface area contributed by atoms with Crippen LogP contribution in [0, 0.1) is 5.92 Å². The maximum atomic E-state index is 12.8. The van der Waals surface area contributed by atoms with Crippen molar-refractivity contribution in [2.45, 2.75) is 89.5 Å². The molecular weight excluding hydrogens is 472 g/mol. The first-order chi connectivity index (χ1) is 17.7. The van der Waals surface area contributed by atoms with Crippen molar-refractivity contribution in [2.24, 2.45) is 5.92 Å². The van der Waals surface area contributed by atoms with Crippen LogP contribution in [0.15, 0.2) is 42.0 Å². The molecule has 0 N–H and O–H groups in total. The summed E-state index contributed by atoms with van der Waals surface area (Å²) in [7, 11) is 1.69. The molecule has 37 heavy (non-hydrogen) atoms. The average Bonchev–Trinajstić information content (AvgIpc) is 3.78. The fraction of sp³-hybridized carbons (Fsp3) is 0.633. The van der Waals surface area contributed by atoms with E-state index >= 15 is 0 Å². The van der Waals surface area contributed by atoms with Crippen LogP contribution in [0.1, 0.15) is 59.4 Å². The van der Waals surface area contributed by atoms with E-state index in [1.807, 2.05) is 38.1 Å². The van der Waals surface area contributed by atoms with Crippen molar-refractivity contribution in [2.75, 3.05) is 26.9 Å². The molecule has 7 heteroatoms. The zero-order valence-corrected chi connectivity index (χ0v) is 23.0. The van der Waals surface area contributed by atoms with Gasteiger partial charge in [0.25, 0.3) is 0 Å². The number of esters is 1. The molecule has 2 heterocycles. The molecule has 0 aromatic heterocycles. The molecule has 1 aliphatic carbocycles. The Hall–Kier alpha value is -2.19.